The van der Waals surface area contributed by atoms with Crippen LogP contribution in [0.4, 0.5) is 0 Å². The van der Waals surface area contributed by atoms with Crippen LogP contribution in [-0.2, 0) is 9.53 Å². The standard InChI is InChI=1S/C15H22O3/c1-9(2)12-5-6-15(4,17)13(12)7-11-8-18-14(16)10(11)3/h11-13,17H,1,3,5-8H2,2,4H3/t11-,12+,13+,15-/m0/s1. The molecule has 0 radical (unpaired) electrons. The third-order valence-corrected chi connectivity index (χ3v) is 4.59. The van der Waals surface area contributed by atoms with Gasteiger partial charge in [-0.3, -0.25) is 0 Å². The lowest BCUT2D eigenvalue weighted by Gasteiger charge is -2.31. The molecule has 18 heavy (non-hydrogen) atoms. The number of hydrogen-bond acceptors (Lipinski definition) is 3. The summed E-state index contributed by atoms with van der Waals surface area (Å²) in [6.45, 7) is 12.1. The van der Waals surface area contributed by atoms with Gasteiger partial charge in [0.2, 0.25) is 0 Å². The largest absolute Gasteiger partial charge is 0.462 e. The number of cyclic esters (lactones) is 1. The summed E-state index contributed by atoms with van der Waals surface area (Å²) in [6.07, 6.45) is 2.53. The molecule has 2 fully saturated rings. The van der Waals surface area contributed by atoms with E-state index in [0.29, 0.717) is 18.1 Å². The molecule has 3 nitrogen and oxygen atoms in total. The number of esters is 1. The van der Waals surface area contributed by atoms with E-state index in [-0.39, 0.29) is 17.8 Å². The first-order chi connectivity index (χ1) is 8.33. The lowest BCUT2D eigenvalue weighted by atomic mass is 9.77. The van der Waals surface area contributed by atoms with E-state index < -0.39 is 5.60 Å². The second kappa shape index (κ2) is 4.54. The molecule has 1 saturated heterocycles. The fourth-order valence-corrected chi connectivity index (χ4v) is 3.33. The number of aliphatic hydroxyl groups is 1. The molecule has 2 aliphatic rings. The van der Waals surface area contributed by atoms with E-state index in [4.69, 9.17) is 4.74 Å². The minimum atomic E-state index is -0.671. The van der Waals surface area contributed by atoms with Crippen molar-refractivity contribution >= 4 is 5.97 Å². The first kappa shape index (κ1) is 13.3. The van der Waals surface area contributed by atoms with E-state index in [0.717, 1.165) is 24.8 Å². The van der Waals surface area contributed by atoms with E-state index in [9.17, 15) is 9.90 Å². The van der Waals surface area contributed by atoms with Gasteiger partial charge in [-0.25, -0.2) is 4.79 Å². The molecular weight excluding hydrogens is 228 g/mol. The van der Waals surface area contributed by atoms with Gasteiger partial charge in [-0.1, -0.05) is 18.7 Å². The van der Waals surface area contributed by atoms with Crippen LogP contribution in [-0.4, -0.2) is 23.3 Å². The molecule has 0 spiro atoms. The lowest BCUT2D eigenvalue weighted by Crippen LogP contribution is -2.34. The highest BCUT2D eigenvalue weighted by atomic mass is 16.5. The summed E-state index contributed by atoms with van der Waals surface area (Å²) in [6, 6.07) is 0. The summed E-state index contributed by atoms with van der Waals surface area (Å²) in [5.41, 5.74) is 1.00. The zero-order valence-electron chi connectivity index (χ0n) is 11.2. The lowest BCUT2D eigenvalue weighted by molar-refractivity contribution is -0.135. The Kier molecular flexibility index (Phi) is 3.37. The monoisotopic (exact) mass is 250 g/mol. The third-order valence-electron chi connectivity index (χ3n) is 4.59. The van der Waals surface area contributed by atoms with Gasteiger partial charge in [-0.05, 0) is 44.9 Å². The highest BCUT2D eigenvalue weighted by Gasteiger charge is 2.46. The van der Waals surface area contributed by atoms with Crippen LogP contribution >= 0.6 is 0 Å². The van der Waals surface area contributed by atoms with E-state index in [1.165, 1.54) is 0 Å². The van der Waals surface area contributed by atoms with Gasteiger partial charge in [-0.15, -0.1) is 0 Å². The first-order valence-corrected chi connectivity index (χ1v) is 6.56. The SMILES string of the molecule is C=C1C(=O)OC[C@@H]1C[C@@H]1[C@@H](C(=C)C)CC[C@]1(C)O. The van der Waals surface area contributed by atoms with Crippen molar-refractivity contribution in [1.29, 1.82) is 0 Å². The van der Waals surface area contributed by atoms with Gasteiger partial charge in [0.25, 0.3) is 0 Å². The van der Waals surface area contributed by atoms with Gasteiger partial charge in [0.15, 0.2) is 0 Å². The van der Waals surface area contributed by atoms with Crippen molar-refractivity contribution in [2.75, 3.05) is 6.61 Å². The van der Waals surface area contributed by atoms with Gasteiger partial charge < -0.3 is 9.84 Å². The van der Waals surface area contributed by atoms with Crippen LogP contribution < -0.4 is 0 Å². The Morgan fingerprint density at radius 1 is 1.61 bits per heavy atom. The summed E-state index contributed by atoms with van der Waals surface area (Å²) in [5.74, 6) is 0.244. The van der Waals surface area contributed by atoms with Crippen molar-refractivity contribution in [2.24, 2.45) is 17.8 Å². The molecule has 2 rings (SSSR count). The summed E-state index contributed by atoms with van der Waals surface area (Å²) >= 11 is 0. The maximum absolute atomic E-state index is 11.3. The van der Waals surface area contributed by atoms with Gasteiger partial charge >= 0.3 is 5.97 Å². The Bertz CT molecular complexity index is 395. The zero-order chi connectivity index (χ0) is 13.5. The molecule has 0 aromatic rings. The maximum atomic E-state index is 11.3. The summed E-state index contributed by atoms with van der Waals surface area (Å²) < 4.78 is 5.01. The van der Waals surface area contributed by atoms with E-state index in [1.807, 2.05) is 13.8 Å². The number of allylic oxidation sites excluding steroid dienone is 1. The second-order valence-corrected chi connectivity index (χ2v) is 6.01. The normalized spacial score (nSPS) is 40.1. The Labute approximate surface area is 109 Å². The Hall–Kier alpha value is -1.09. The van der Waals surface area contributed by atoms with E-state index in [1.54, 1.807) is 0 Å². The first-order valence-electron chi connectivity index (χ1n) is 6.56. The zero-order valence-corrected chi connectivity index (χ0v) is 11.2. The number of ether oxygens (including phenoxy) is 1. The summed E-state index contributed by atoms with van der Waals surface area (Å²) in [7, 11) is 0. The predicted molar refractivity (Wildman–Crippen MR) is 69.9 cm³/mol. The Balaban J connectivity index is 2.12. The van der Waals surface area contributed by atoms with Gasteiger partial charge in [0.1, 0.15) is 0 Å². The molecule has 1 aliphatic heterocycles. The fraction of sp³-hybridized carbons (Fsp3) is 0.667. The van der Waals surface area contributed by atoms with Crippen molar-refractivity contribution in [1.82, 2.24) is 0 Å². The van der Waals surface area contributed by atoms with Crippen molar-refractivity contribution in [2.45, 2.75) is 38.7 Å². The molecule has 1 heterocycles. The van der Waals surface area contributed by atoms with Crippen LogP contribution in [0.3, 0.4) is 0 Å². The molecule has 1 saturated carbocycles. The van der Waals surface area contributed by atoms with Crippen molar-refractivity contribution < 1.29 is 14.6 Å². The van der Waals surface area contributed by atoms with Crippen molar-refractivity contribution in [3.63, 3.8) is 0 Å². The van der Waals surface area contributed by atoms with Crippen LogP contribution in [0, 0.1) is 17.8 Å². The van der Waals surface area contributed by atoms with Crippen LogP contribution in [0.2, 0.25) is 0 Å². The molecule has 1 N–H and O–H groups in total. The van der Waals surface area contributed by atoms with E-state index in [2.05, 4.69) is 13.2 Å². The second-order valence-electron chi connectivity index (χ2n) is 6.01. The van der Waals surface area contributed by atoms with Gasteiger partial charge in [0, 0.05) is 11.5 Å². The van der Waals surface area contributed by atoms with Crippen LogP contribution in [0.1, 0.15) is 33.1 Å². The Morgan fingerprint density at radius 3 is 2.78 bits per heavy atom. The quantitative estimate of drug-likeness (QED) is 0.475. The minimum absolute atomic E-state index is 0.0499. The van der Waals surface area contributed by atoms with Crippen LogP contribution in [0.25, 0.3) is 0 Å². The molecule has 3 heteroatoms. The van der Waals surface area contributed by atoms with Crippen LogP contribution in [0.5, 0.6) is 0 Å². The maximum Gasteiger partial charge on any atom is 0.333 e. The van der Waals surface area contributed by atoms with Crippen molar-refractivity contribution in [3.05, 3.63) is 24.3 Å². The van der Waals surface area contributed by atoms with E-state index >= 15 is 0 Å². The van der Waals surface area contributed by atoms with Gasteiger partial charge in [0.05, 0.1) is 12.2 Å². The molecule has 0 unspecified atom stereocenters. The molecule has 0 amide bonds. The molecule has 1 aliphatic carbocycles. The molecule has 0 bridgehead atoms. The summed E-state index contributed by atoms with van der Waals surface area (Å²) in [5, 5.41) is 10.5. The fourth-order valence-electron chi connectivity index (χ4n) is 3.33. The molecular formula is C15H22O3. The molecule has 4 atom stereocenters. The van der Waals surface area contributed by atoms with Crippen LogP contribution in [0.15, 0.2) is 24.3 Å². The molecule has 0 aromatic heterocycles. The summed E-state index contributed by atoms with van der Waals surface area (Å²) in [4.78, 5) is 11.3. The predicted octanol–water partition coefficient (Wildman–Crippen LogP) is 2.46. The number of rotatable bonds is 3. The molecule has 0 aromatic carbocycles. The minimum Gasteiger partial charge on any atom is -0.462 e. The van der Waals surface area contributed by atoms with Crippen molar-refractivity contribution in [3.8, 4) is 0 Å². The average Bonchev–Trinajstić information content (AvgIpc) is 2.74. The number of carbonyl (C=O) groups excluding carboxylic acids is 1. The third kappa shape index (κ3) is 2.24. The highest BCUT2D eigenvalue weighted by Crippen LogP contribution is 2.47. The number of carbonyl (C=O) groups is 1. The molecule has 100 valence electrons. The Morgan fingerprint density at radius 2 is 2.28 bits per heavy atom. The topological polar surface area (TPSA) is 46.5 Å². The highest BCUT2D eigenvalue weighted by molar-refractivity contribution is 5.90. The average molecular weight is 250 g/mol. The smallest absolute Gasteiger partial charge is 0.333 e. The van der Waals surface area contributed by atoms with Gasteiger partial charge in [-0.2, -0.15) is 0 Å². The number of hydrogen-bond donors (Lipinski definition) is 1.